The molecule has 0 amide bonds. The average Bonchev–Trinajstić information content (AvgIpc) is 4.13. The molecule has 4 aromatic heterocycles. The Morgan fingerprint density at radius 2 is 0.615 bits per heavy atom. The van der Waals surface area contributed by atoms with E-state index >= 15 is 0 Å². The lowest BCUT2D eigenvalue weighted by Gasteiger charge is -2.35. The average molecular weight is 879 g/mol. The SMILES string of the molecule is c1ccc([Si](c2ccccc2)(c2cccc3c2sc2ccc(-n4c5ccccc5c5ccccc54)cc23)c2cccc3c2sc2ccc(-n4c5ccccc5c5ccccc54)cc23)cc1. The van der Waals surface area contributed by atoms with E-state index in [0.717, 1.165) is 0 Å². The van der Waals surface area contributed by atoms with Crippen molar-refractivity contribution in [2.45, 2.75) is 0 Å². The minimum absolute atomic E-state index is 1.19. The van der Waals surface area contributed by atoms with Gasteiger partial charge in [-0.2, -0.15) is 0 Å². The third-order valence-electron chi connectivity index (χ3n) is 13.9. The maximum Gasteiger partial charge on any atom is 0.182 e. The number of nitrogens with zero attached hydrogens (tertiary/aromatic N) is 2. The Bertz CT molecular complexity index is 3810. The van der Waals surface area contributed by atoms with Crippen LogP contribution in [0.4, 0.5) is 0 Å². The molecular formula is C60H38N2S2Si. The van der Waals surface area contributed by atoms with Crippen molar-refractivity contribution in [2.24, 2.45) is 0 Å². The molecule has 14 rings (SSSR count). The van der Waals surface area contributed by atoms with Gasteiger partial charge in [0.25, 0.3) is 0 Å². The van der Waals surface area contributed by atoms with Gasteiger partial charge in [0.05, 0.1) is 22.1 Å². The van der Waals surface area contributed by atoms with Gasteiger partial charge < -0.3 is 9.13 Å². The maximum atomic E-state index is 2.46. The van der Waals surface area contributed by atoms with E-state index < -0.39 is 8.07 Å². The van der Waals surface area contributed by atoms with Gasteiger partial charge in [0.15, 0.2) is 8.07 Å². The van der Waals surface area contributed by atoms with Crippen LogP contribution in [0.3, 0.4) is 0 Å². The zero-order valence-corrected chi connectivity index (χ0v) is 37.8. The molecule has 0 atom stereocenters. The van der Waals surface area contributed by atoms with Crippen molar-refractivity contribution in [3.05, 3.63) is 231 Å². The molecule has 14 aromatic rings. The Balaban J connectivity index is 1.04. The number of benzene rings is 10. The summed E-state index contributed by atoms with van der Waals surface area (Å²) in [4.78, 5) is 0. The number of aromatic nitrogens is 2. The predicted molar refractivity (Wildman–Crippen MR) is 285 cm³/mol. The molecule has 0 aliphatic heterocycles. The number of para-hydroxylation sites is 4. The Kier molecular flexibility index (Phi) is 8.08. The molecule has 2 nitrogen and oxygen atoms in total. The molecule has 0 fully saturated rings. The molecule has 0 bridgehead atoms. The van der Waals surface area contributed by atoms with Crippen molar-refractivity contribution in [2.75, 3.05) is 0 Å². The van der Waals surface area contributed by atoms with Gasteiger partial charge >= 0.3 is 0 Å². The fourth-order valence-corrected chi connectivity index (χ4v) is 19.5. The van der Waals surface area contributed by atoms with Crippen molar-refractivity contribution in [1.82, 2.24) is 9.13 Å². The molecule has 0 saturated carbocycles. The van der Waals surface area contributed by atoms with E-state index in [1.165, 1.54) is 116 Å². The quantitative estimate of drug-likeness (QED) is 0.116. The van der Waals surface area contributed by atoms with Crippen molar-refractivity contribution >= 4 is 135 Å². The number of hydrogen-bond acceptors (Lipinski definition) is 2. The zero-order chi connectivity index (χ0) is 42.6. The van der Waals surface area contributed by atoms with Crippen LogP contribution in [0.15, 0.2) is 231 Å². The molecule has 10 aromatic carbocycles. The van der Waals surface area contributed by atoms with Gasteiger partial charge in [-0.1, -0.05) is 170 Å². The molecule has 0 radical (unpaired) electrons. The molecule has 0 aliphatic rings. The van der Waals surface area contributed by atoms with Crippen LogP contribution >= 0.6 is 22.7 Å². The zero-order valence-electron chi connectivity index (χ0n) is 35.2. The smallest absolute Gasteiger partial charge is 0.182 e. The highest BCUT2D eigenvalue weighted by Crippen LogP contribution is 2.41. The molecule has 0 saturated heterocycles. The lowest BCUT2D eigenvalue weighted by Crippen LogP contribution is -2.74. The first-order chi connectivity index (χ1) is 32.3. The second kappa shape index (κ2) is 14.2. The molecule has 304 valence electrons. The van der Waals surface area contributed by atoms with Gasteiger partial charge in [-0.05, 0) is 81.4 Å². The second-order valence-electron chi connectivity index (χ2n) is 17.2. The van der Waals surface area contributed by atoms with Gasteiger partial charge in [-0.3, -0.25) is 0 Å². The van der Waals surface area contributed by atoms with Crippen molar-refractivity contribution < 1.29 is 0 Å². The van der Waals surface area contributed by atoms with Gasteiger partial charge in [0.1, 0.15) is 0 Å². The number of rotatable bonds is 6. The highest BCUT2D eigenvalue weighted by molar-refractivity contribution is 7.33. The van der Waals surface area contributed by atoms with Gasteiger partial charge in [-0.15, -0.1) is 22.7 Å². The van der Waals surface area contributed by atoms with E-state index in [-0.39, 0.29) is 0 Å². The minimum Gasteiger partial charge on any atom is -0.309 e. The molecule has 4 heterocycles. The summed E-state index contributed by atoms with van der Waals surface area (Å²) >= 11 is 3.90. The first kappa shape index (κ1) is 36.9. The standard InChI is InChI=1S/C60H38N2S2Si/c1-3-17-41(18-4-1)65(42-19-5-2-6-20-42,57-31-15-25-47-49-37-39(33-35-55(49)63-59(47)57)61-51-27-11-7-21-43(51)44-22-8-12-28-52(44)61)58-32-16-26-48-50-38-40(34-36-56(50)64-60(48)58)62-53-29-13-9-23-45(53)46-24-10-14-30-54(46)62/h1-38H. The monoisotopic (exact) mass is 878 g/mol. The summed E-state index contributed by atoms with van der Waals surface area (Å²) in [5, 5.41) is 16.0. The summed E-state index contributed by atoms with van der Waals surface area (Å²) in [5.41, 5.74) is 7.28. The van der Waals surface area contributed by atoms with Crippen LogP contribution in [0.25, 0.3) is 95.3 Å². The third-order valence-corrected chi connectivity index (χ3v) is 21.5. The van der Waals surface area contributed by atoms with Crippen molar-refractivity contribution in [1.29, 1.82) is 0 Å². The number of hydrogen-bond donors (Lipinski definition) is 0. The fraction of sp³-hybridized carbons (Fsp3) is 0. The van der Waals surface area contributed by atoms with Crippen LogP contribution in [-0.2, 0) is 0 Å². The first-order valence-corrected chi connectivity index (χ1v) is 25.9. The van der Waals surface area contributed by atoms with Crippen molar-refractivity contribution in [3.8, 4) is 11.4 Å². The second-order valence-corrected chi connectivity index (χ2v) is 23.0. The summed E-state index contributed by atoms with van der Waals surface area (Å²) in [6, 6.07) is 86.7. The Morgan fingerprint density at radius 1 is 0.277 bits per heavy atom. The third kappa shape index (κ3) is 5.26. The predicted octanol–water partition coefficient (Wildman–Crippen LogP) is 14.0. The number of thiophene rings is 2. The maximum absolute atomic E-state index is 3.02. The van der Waals surface area contributed by atoms with Crippen LogP contribution in [-0.4, -0.2) is 17.2 Å². The summed E-state index contributed by atoms with van der Waals surface area (Å²) in [7, 11) is -3.02. The van der Waals surface area contributed by atoms with Gasteiger partial charge in [0, 0.05) is 73.3 Å². The largest absolute Gasteiger partial charge is 0.309 e. The van der Waals surface area contributed by atoms with E-state index in [4.69, 9.17) is 0 Å². The summed E-state index contributed by atoms with van der Waals surface area (Å²) in [5.74, 6) is 0. The Morgan fingerprint density at radius 3 is 1.00 bits per heavy atom. The van der Waals surface area contributed by atoms with E-state index in [1.54, 1.807) is 0 Å². The van der Waals surface area contributed by atoms with Crippen LogP contribution < -0.4 is 20.7 Å². The molecule has 0 aliphatic carbocycles. The van der Waals surface area contributed by atoms with E-state index in [2.05, 4.69) is 240 Å². The Labute approximate surface area is 384 Å². The highest BCUT2D eigenvalue weighted by atomic mass is 32.1. The van der Waals surface area contributed by atoms with E-state index in [9.17, 15) is 0 Å². The molecular weight excluding hydrogens is 841 g/mol. The van der Waals surface area contributed by atoms with E-state index in [0.29, 0.717) is 0 Å². The van der Waals surface area contributed by atoms with Crippen LogP contribution in [0, 0.1) is 0 Å². The highest BCUT2D eigenvalue weighted by Gasteiger charge is 2.44. The molecule has 0 N–H and O–H groups in total. The minimum atomic E-state index is -3.02. The lowest BCUT2D eigenvalue weighted by atomic mass is 10.1. The van der Waals surface area contributed by atoms with Gasteiger partial charge in [-0.25, -0.2) is 0 Å². The lowest BCUT2D eigenvalue weighted by molar-refractivity contribution is 1.19. The molecule has 5 heteroatoms. The fourth-order valence-electron chi connectivity index (χ4n) is 11.2. The van der Waals surface area contributed by atoms with Crippen LogP contribution in [0.2, 0.25) is 0 Å². The molecule has 0 unspecified atom stereocenters. The van der Waals surface area contributed by atoms with Crippen LogP contribution in [0.5, 0.6) is 0 Å². The number of fused-ring (bicyclic) bond motifs is 12. The van der Waals surface area contributed by atoms with Gasteiger partial charge in [0.2, 0.25) is 0 Å². The summed E-state index contributed by atoms with van der Waals surface area (Å²) < 4.78 is 10.2. The van der Waals surface area contributed by atoms with E-state index in [1.807, 2.05) is 22.7 Å². The van der Waals surface area contributed by atoms with Crippen LogP contribution in [0.1, 0.15) is 0 Å². The summed E-state index contributed by atoms with van der Waals surface area (Å²) in [6.07, 6.45) is 0. The topological polar surface area (TPSA) is 9.86 Å². The Hall–Kier alpha value is -7.54. The molecule has 65 heavy (non-hydrogen) atoms. The summed E-state index contributed by atoms with van der Waals surface area (Å²) in [6.45, 7) is 0. The first-order valence-electron chi connectivity index (χ1n) is 22.3. The molecule has 0 spiro atoms. The van der Waals surface area contributed by atoms with Crippen molar-refractivity contribution in [3.63, 3.8) is 0 Å². The normalized spacial score (nSPS) is 12.3.